The Kier molecular flexibility index (Phi) is 5.76. The van der Waals surface area contributed by atoms with Crippen LogP contribution in [0, 0.1) is 5.82 Å². The van der Waals surface area contributed by atoms with Gasteiger partial charge in [-0.25, -0.2) is 4.39 Å². The van der Waals surface area contributed by atoms with Crippen LogP contribution < -0.4 is 10.6 Å². The molecule has 1 amide bonds. The Morgan fingerprint density at radius 1 is 0.885 bits per heavy atom. The number of benzene rings is 2. The van der Waals surface area contributed by atoms with Gasteiger partial charge in [0.05, 0.1) is 6.42 Å². The van der Waals surface area contributed by atoms with Gasteiger partial charge in [-0.05, 0) is 47.5 Å². The predicted molar refractivity (Wildman–Crippen MR) is 99.5 cm³/mol. The minimum atomic E-state index is -0.271. The zero-order valence-electron chi connectivity index (χ0n) is 13.7. The van der Waals surface area contributed by atoms with E-state index in [0.717, 1.165) is 11.1 Å². The first-order valence-corrected chi connectivity index (χ1v) is 8.32. The molecule has 0 aliphatic carbocycles. The van der Waals surface area contributed by atoms with Gasteiger partial charge in [0.15, 0.2) is 5.82 Å². The first kappa shape index (κ1) is 17.8. The van der Waals surface area contributed by atoms with Crippen molar-refractivity contribution < 1.29 is 9.18 Å². The number of nitrogens with zero attached hydrogens (tertiary/aromatic N) is 2. The molecule has 0 bridgehead atoms. The highest BCUT2D eigenvalue weighted by Crippen LogP contribution is 2.12. The van der Waals surface area contributed by atoms with E-state index in [9.17, 15) is 9.18 Å². The number of nitrogens with one attached hydrogen (secondary N) is 2. The van der Waals surface area contributed by atoms with Crippen molar-refractivity contribution in [3.63, 3.8) is 0 Å². The van der Waals surface area contributed by atoms with E-state index >= 15 is 0 Å². The second-order valence-corrected chi connectivity index (χ2v) is 6.07. The third-order valence-electron chi connectivity index (χ3n) is 3.60. The van der Waals surface area contributed by atoms with Crippen molar-refractivity contribution in [1.82, 2.24) is 10.2 Å². The lowest BCUT2D eigenvalue weighted by Gasteiger charge is -2.07. The van der Waals surface area contributed by atoms with E-state index in [1.165, 1.54) is 12.1 Å². The number of hydrogen-bond donors (Lipinski definition) is 2. The monoisotopic (exact) mass is 370 g/mol. The number of anilines is 2. The fourth-order valence-electron chi connectivity index (χ4n) is 2.26. The Labute approximate surface area is 155 Å². The Hall–Kier alpha value is -2.99. The van der Waals surface area contributed by atoms with Crippen LogP contribution in [0.5, 0.6) is 0 Å². The van der Waals surface area contributed by atoms with E-state index in [-0.39, 0.29) is 18.1 Å². The fraction of sp³-hybridized carbons (Fsp3) is 0.105. The van der Waals surface area contributed by atoms with Crippen LogP contribution in [0.3, 0.4) is 0 Å². The van der Waals surface area contributed by atoms with Crippen molar-refractivity contribution in [2.45, 2.75) is 13.0 Å². The molecule has 7 heteroatoms. The summed E-state index contributed by atoms with van der Waals surface area (Å²) in [6.45, 7) is 0.497. The largest absolute Gasteiger partial charge is 0.365 e. The summed E-state index contributed by atoms with van der Waals surface area (Å²) in [5.74, 6) is 0.474. The number of carbonyl (C=O) groups excluding carboxylic acids is 1. The summed E-state index contributed by atoms with van der Waals surface area (Å²) < 4.78 is 12.9. The van der Waals surface area contributed by atoms with Gasteiger partial charge in [0.25, 0.3) is 0 Å². The van der Waals surface area contributed by atoms with Crippen molar-refractivity contribution >= 4 is 29.1 Å². The summed E-state index contributed by atoms with van der Waals surface area (Å²) in [5, 5.41) is 14.4. The summed E-state index contributed by atoms with van der Waals surface area (Å²) in [4.78, 5) is 12.0. The molecule has 0 unspecified atom stereocenters. The maximum absolute atomic E-state index is 12.9. The number of aromatic nitrogens is 2. The van der Waals surface area contributed by atoms with Gasteiger partial charge in [0, 0.05) is 11.6 Å². The predicted octanol–water partition coefficient (Wildman–Crippen LogP) is 4.06. The van der Waals surface area contributed by atoms with Crippen LogP contribution in [0.25, 0.3) is 0 Å². The zero-order valence-corrected chi connectivity index (χ0v) is 14.5. The minimum absolute atomic E-state index is 0.186. The molecule has 2 aromatic carbocycles. The average Bonchev–Trinajstić information content (AvgIpc) is 2.64. The molecule has 0 radical (unpaired) electrons. The van der Waals surface area contributed by atoms with E-state index in [1.54, 1.807) is 48.5 Å². The molecule has 3 aromatic rings. The molecule has 0 atom stereocenters. The second kappa shape index (κ2) is 8.40. The van der Waals surface area contributed by atoms with Crippen molar-refractivity contribution in [3.05, 3.63) is 82.6 Å². The van der Waals surface area contributed by atoms with Crippen LogP contribution in [-0.2, 0) is 17.8 Å². The second-order valence-electron chi connectivity index (χ2n) is 5.64. The molecule has 0 saturated heterocycles. The average molecular weight is 371 g/mol. The topological polar surface area (TPSA) is 66.9 Å². The summed E-state index contributed by atoms with van der Waals surface area (Å²) in [7, 11) is 0. The molecule has 132 valence electrons. The molecule has 0 aliphatic heterocycles. The van der Waals surface area contributed by atoms with Gasteiger partial charge >= 0.3 is 0 Å². The van der Waals surface area contributed by atoms with Crippen LogP contribution in [0.4, 0.5) is 16.0 Å². The van der Waals surface area contributed by atoms with Gasteiger partial charge < -0.3 is 10.6 Å². The van der Waals surface area contributed by atoms with E-state index in [4.69, 9.17) is 11.6 Å². The Morgan fingerprint density at radius 3 is 2.15 bits per heavy atom. The van der Waals surface area contributed by atoms with Gasteiger partial charge in [-0.15, -0.1) is 10.2 Å². The Balaban J connectivity index is 1.51. The standard InChI is InChI=1S/C19H16ClFN4O/c20-15-5-1-13(2-6-15)11-19(26)23-18-10-9-17(24-25-18)22-12-14-3-7-16(21)8-4-14/h1-10H,11-12H2,(H,22,24)(H,23,25,26). The third kappa shape index (κ3) is 5.26. The lowest BCUT2D eigenvalue weighted by atomic mass is 10.1. The molecule has 3 rings (SSSR count). The van der Waals surface area contributed by atoms with Gasteiger partial charge in [0.2, 0.25) is 5.91 Å². The van der Waals surface area contributed by atoms with Crippen LogP contribution in [0.1, 0.15) is 11.1 Å². The molecule has 0 spiro atoms. The molecule has 5 nitrogen and oxygen atoms in total. The maximum Gasteiger partial charge on any atom is 0.229 e. The number of rotatable bonds is 6. The number of amides is 1. The highest BCUT2D eigenvalue weighted by molar-refractivity contribution is 6.30. The van der Waals surface area contributed by atoms with Crippen molar-refractivity contribution in [2.75, 3.05) is 10.6 Å². The van der Waals surface area contributed by atoms with Crippen LogP contribution in [0.15, 0.2) is 60.7 Å². The van der Waals surface area contributed by atoms with Crippen molar-refractivity contribution in [1.29, 1.82) is 0 Å². The summed E-state index contributed by atoms with van der Waals surface area (Å²) in [6.07, 6.45) is 0.226. The van der Waals surface area contributed by atoms with Crippen LogP contribution in [-0.4, -0.2) is 16.1 Å². The quantitative estimate of drug-likeness (QED) is 0.686. The Bertz CT molecular complexity index is 868. The lowest BCUT2D eigenvalue weighted by Crippen LogP contribution is -2.15. The maximum atomic E-state index is 12.9. The molecule has 0 saturated carbocycles. The number of carbonyl (C=O) groups is 1. The SMILES string of the molecule is O=C(Cc1ccc(Cl)cc1)Nc1ccc(NCc2ccc(F)cc2)nn1. The molecule has 2 N–H and O–H groups in total. The normalized spacial score (nSPS) is 10.4. The first-order valence-electron chi connectivity index (χ1n) is 7.95. The van der Waals surface area contributed by atoms with Gasteiger partial charge in [-0.3, -0.25) is 4.79 Å². The number of halogens is 2. The highest BCUT2D eigenvalue weighted by Gasteiger charge is 2.06. The van der Waals surface area contributed by atoms with Gasteiger partial charge in [-0.1, -0.05) is 35.9 Å². The van der Waals surface area contributed by atoms with Crippen molar-refractivity contribution in [2.24, 2.45) is 0 Å². The summed E-state index contributed by atoms with van der Waals surface area (Å²) >= 11 is 5.82. The molecular weight excluding hydrogens is 355 g/mol. The zero-order chi connectivity index (χ0) is 18.4. The molecule has 1 heterocycles. The minimum Gasteiger partial charge on any atom is -0.365 e. The van der Waals surface area contributed by atoms with Crippen LogP contribution >= 0.6 is 11.6 Å². The van der Waals surface area contributed by atoms with Crippen LogP contribution in [0.2, 0.25) is 5.02 Å². The van der Waals surface area contributed by atoms with E-state index in [2.05, 4.69) is 20.8 Å². The molecule has 0 fully saturated rings. The van der Waals surface area contributed by atoms with Crippen molar-refractivity contribution in [3.8, 4) is 0 Å². The first-order chi connectivity index (χ1) is 12.6. The molecule has 26 heavy (non-hydrogen) atoms. The van der Waals surface area contributed by atoms with E-state index in [1.807, 2.05) is 0 Å². The smallest absolute Gasteiger partial charge is 0.229 e. The van der Waals surface area contributed by atoms with E-state index < -0.39 is 0 Å². The fourth-order valence-corrected chi connectivity index (χ4v) is 2.39. The van der Waals surface area contributed by atoms with Gasteiger partial charge in [0.1, 0.15) is 11.6 Å². The molecular formula is C19H16ClFN4O. The molecule has 0 aliphatic rings. The summed E-state index contributed by atoms with van der Waals surface area (Å²) in [6, 6.07) is 16.7. The van der Waals surface area contributed by atoms with Gasteiger partial charge in [-0.2, -0.15) is 0 Å². The molecule has 1 aromatic heterocycles. The highest BCUT2D eigenvalue weighted by atomic mass is 35.5. The van der Waals surface area contributed by atoms with E-state index in [0.29, 0.717) is 23.2 Å². The third-order valence-corrected chi connectivity index (χ3v) is 3.85. The number of hydrogen-bond acceptors (Lipinski definition) is 4. The lowest BCUT2D eigenvalue weighted by molar-refractivity contribution is -0.115. The Morgan fingerprint density at radius 2 is 1.50 bits per heavy atom. The summed E-state index contributed by atoms with van der Waals surface area (Å²) in [5.41, 5.74) is 1.78.